The fourth-order valence-electron chi connectivity index (χ4n) is 2.09. The van der Waals surface area contributed by atoms with Gasteiger partial charge in [-0.1, -0.05) is 13.3 Å². The van der Waals surface area contributed by atoms with Crippen LogP contribution in [0.4, 0.5) is 4.79 Å². The Morgan fingerprint density at radius 3 is 2.50 bits per heavy atom. The highest BCUT2D eigenvalue weighted by molar-refractivity contribution is 6.18. The average Bonchev–Trinajstić information content (AvgIpc) is 2.95. The van der Waals surface area contributed by atoms with E-state index in [4.69, 9.17) is 0 Å². The first kappa shape index (κ1) is 11.1. The summed E-state index contributed by atoms with van der Waals surface area (Å²) in [5.41, 5.74) is -1.13. The van der Waals surface area contributed by atoms with Crippen LogP contribution in [0.25, 0.3) is 0 Å². The van der Waals surface area contributed by atoms with Crippen LogP contribution in [0.3, 0.4) is 0 Å². The predicted molar refractivity (Wildman–Crippen MR) is 56.4 cm³/mol. The largest absolute Gasteiger partial charge is 0.331 e. The first-order valence-electron chi connectivity index (χ1n) is 5.58. The van der Waals surface area contributed by atoms with Crippen molar-refractivity contribution < 1.29 is 14.4 Å². The number of nitrogens with one attached hydrogen (secondary N) is 1. The smallest absolute Gasteiger partial charge is 0.277 e. The minimum Gasteiger partial charge on any atom is -0.277 e. The quantitative estimate of drug-likeness (QED) is 0.708. The van der Waals surface area contributed by atoms with E-state index >= 15 is 0 Å². The van der Waals surface area contributed by atoms with Crippen molar-refractivity contribution in [1.82, 2.24) is 10.2 Å². The second-order valence-electron chi connectivity index (χ2n) is 5.03. The molecule has 0 spiro atoms. The number of hydrogen-bond acceptors (Lipinski definition) is 3. The maximum atomic E-state index is 12.1. The first-order valence-corrected chi connectivity index (χ1v) is 5.58. The Bertz CT molecular complexity index is 375. The number of rotatable bonds is 2. The summed E-state index contributed by atoms with van der Waals surface area (Å²) in [6, 6.07) is -0.569. The van der Waals surface area contributed by atoms with E-state index in [0.29, 0.717) is 5.92 Å². The second kappa shape index (κ2) is 3.30. The van der Waals surface area contributed by atoms with E-state index in [-0.39, 0.29) is 11.9 Å². The summed E-state index contributed by atoms with van der Waals surface area (Å²) in [5, 5.41) is 2.24. The van der Waals surface area contributed by atoms with Crippen molar-refractivity contribution in [3.05, 3.63) is 0 Å². The monoisotopic (exact) mass is 224 g/mol. The van der Waals surface area contributed by atoms with E-state index in [2.05, 4.69) is 5.32 Å². The van der Waals surface area contributed by atoms with Crippen LogP contribution in [-0.4, -0.2) is 28.8 Å². The number of urea groups is 1. The summed E-state index contributed by atoms with van der Waals surface area (Å²) in [4.78, 5) is 36.4. The van der Waals surface area contributed by atoms with Gasteiger partial charge in [0.25, 0.3) is 0 Å². The van der Waals surface area contributed by atoms with Gasteiger partial charge in [-0.15, -0.1) is 0 Å². The number of nitrogens with zero attached hydrogens (tertiary/aromatic N) is 1. The highest BCUT2D eigenvalue weighted by atomic mass is 16.2. The summed E-state index contributed by atoms with van der Waals surface area (Å²) >= 11 is 0. The molecule has 5 nitrogen and oxygen atoms in total. The van der Waals surface area contributed by atoms with Crippen LogP contribution >= 0.6 is 0 Å². The van der Waals surface area contributed by atoms with Gasteiger partial charge in [0.15, 0.2) is 0 Å². The third-order valence-corrected chi connectivity index (χ3v) is 3.50. The molecule has 1 saturated carbocycles. The van der Waals surface area contributed by atoms with E-state index in [1.807, 2.05) is 6.92 Å². The lowest BCUT2D eigenvalue weighted by molar-refractivity contribution is -0.149. The van der Waals surface area contributed by atoms with E-state index in [9.17, 15) is 14.4 Å². The van der Waals surface area contributed by atoms with Crippen molar-refractivity contribution in [2.45, 2.75) is 39.7 Å². The number of amides is 4. The van der Waals surface area contributed by atoms with Gasteiger partial charge in [0.2, 0.25) is 11.8 Å². The molecule has 1 N–H and O–H groups in total. The maximum absolute atomic E-state index is 12.1. The molecule has 1 heterocycles. The fourth-order valence-corrected chi connectivity index (χ4v) is 2.09. The Morgan fingerprint density at radius 2 is 2.00 bits per heavy atom. The summed E-state index contributed by atoms with van der Waals surface area (Å²) in [7, 11) is 0. The van der Waals surface area contributed by atoms with Gasteiger partial charge in [0, 0.05) is 6.04 Å². The van der Waals surface area contributed by atoms with Gasteiger partial charge >= 0.3 is 6.03 Å². The van der Waals surface area contributed by atoms with Gasteiger partial charge in [-0.25, -0.2) is 4.79 Å². The molecule has 2 rings (SSSR count). The van der Waals surface area contributed by atoms with Gasteiger partial charge in [-0.2, -0.15) is 0 Å². The highest BCUT2D eigenvalue weighted by Gasteiger charge is 2.54. The number of imide groups is 2. The van der Waals surface area contributed by atoms with Crippen molar-refractivity contribution in [3.8, 4) is 0 Å². The predicted octanol–water partition coefficient (Wildman–Crippen LogP) is 0.889. The van der Waals surface area contributed by atoms with Crippen molar-refractivity contribution in [2.75, 3.05) is 0 Å². The average molecular weight is 224 g/mol. The Balaban J connectivity index is 2.23. The highest BCUT2D eigenvalue weighted by Crippen LogP contribution is 2.41. The minimum absolute atomic E-state index is 0.00938. The summed E-state index contributed by atoms with van der Waals surface area (Å²) < 4.78 is 0. The Morgan fingerprint density at radius 1 is 1.38 bits per heavy atom. The molecule has 0 aromatic carbocycles. The molecule has 1 aliphatic heterocycles. The van der Waals surface area contributed by atoms with Crippen LogP contribution < -0.4 is 5.32 Å². The molecule has 0 aromatic rings. The molecule has 1 saturated heterocycles. The summed E-state index contributed by atoms with van der Waals surface area (Å²) in [5.74, 6) is -0.478. The Labute approximate surface area is 94.2 Å². The molecule has 16 heavy (non-hydrogen) atoms. The molecule has 2 fully saturated rings. The van der Waals surface area contributed by atoms with Crippen LogP contribution in [0.2, 0.25) is 0 Å². The topological polar surface area (TPSA) is 66.5 Å². The van der Waals surface area contributed by atoms with Gasteiger partial charge in [-0.05, 0) is 26.2 Å². The Kier molecular flexibility index (Phi) is 2.29. The van der Waals surface area contributed by atoms with Crippen LogP contribution in [0.1, 0.15) is 33.6 Å². The van der Waals surface area contributed by atoms with Crippen molar-refractivity contribution in [2.24, 2.45) is 11.3 Å². The number of carbonyl (C=O) groups excluding carboxylic acids is 3. The molecule has 2 unspecified atom stereocenters. The van der Waals surface area contributed by atoms with Gasteiger partial charge in [-0.3, -0.25) is 19.8 Å². The number of hydrogen-bond donors (Lipinski definition) is 1. The van der Waals surface area contributed by atoms with Gasteiger partial charge in [0.1, 0.15) is 5.41 Å². The molecule has 0 aromatic heterocycles. The van der Waals surface area contributed by atoms with E-state index in [0.717, 1.165) is 12.8 Å². The van der Waals surface area contributed by atoms with E-state index < -0.39 is 17.4 Å². The maximum Gasteiger partial charge on any atom is 0.331 e. The molecule has 1 aliphatic carbocycles. The Hall–Kier alpha value is -1.39. The molecule has 2 aliphatic rings. The number of barbiturate groups is 1. The first-order chi connectivity index (χ1) is 7.39. The molecule has 0 radical (unpaired) electrons. The lowest BCUT2D eigenvalue weighted by Crippen LogP contribution is -2.62. The second-order valence-corrected chi connectivity index (χ2v) is 5.03. The van der Waals surface area contributed by atoms with Crippen molar-refractivity contribution in [3.63, 3.8) is 0 Å². The van der Waals surface area contributed by atoms with Crippen LogP contribution in [0.15, 0.2) is 0 Å². The summed E-state index contributed by atoms with van der Waals surface area (Å²) in [6.07, 6.45) is 1.82. The molecule has 88 valence electrons. The molecule has 4 amide bonds. The van der Waals surface area contributed by atoms with Gasteiger partial charge < -0.3 is 0 Å². The SMILES string of the molecule is CCC1CC1N1C(=O)NC(=O)C(C)(C)C1=O. The normalized spacial score (nSPS) is 32.7. The lowest BCUT2D eigenvalue weighted by atomic mass is 9.88. The van der Waals surface area contributed by atoms with Gasteiger partial charge in [0.05, 0.1) is 0 Å². The molecule has 0 bridgehead atoms. The zero-order chi connectivity index (χ0) is 12.1. The third kappa shape index (κ3) is 1.42. The molecule has 2 atom stereocenters. The van der Waals surface area contributed by atoms with Crippen LogP contribution in [0.5, 0.6) is 0 Å². The zero-order valence-corrected chi connectivity index (χ0v) is 9.74. The van der Waals surface area contributed by atoms with Crippen molar-refractivity contribution in [1.29, 1.82) is 0 Å². The lowest BCUT2D eigenvalue weighted by Gasteiger charge is -2.34. The van der Waals surface area contributed by atoms with E-state index in [1.165, 1.54) is 4.90 Å². The standard InChI is InChI=1S/C11H16N2O3/c1-4-6-5-7(6)13-9(15)11(2,3)8(14)12-10(13)16/h6-7H,4-5H2,1-3H3,(H,12,14,16). The molecular weight excluding hydrogens is 208 g/mol. The molecular formula is C11H16N2O3. The number of carbonyl (C=O) groups is 3. The van der Waals surface area contributed by atoms with Crippen LogP contribution in [-0.2, 0) is 9.59 Å². The summed E-state index contributed by atoms with van der Waals surface area (Å²) in [6.45, 7) is 5.13. The zero-order valence-electron chi connectivity index (χ0n) is 9.74. The third-order valence-electron chi connectivity index (χ3n) is 3.50. The fraction of sp³-hybridized carbons (Fsp3) is 0.727. The van der Waals surface area contributed by atoms with E-state index in [1.54, 1.807) is 13.8 Å². The van der Waals surface area contributed by atoms with Crippen LogP contribution in [0, 0.1) is 11.3 Å². The minimum atomic E-state index is -1.13. The van der Waals surface area contributed by atoms with Crippen molar-refractivity contribution >= 4 is 17.8 Å². The molecule has 5 heteroatoms.